The molecule has 0 aromatic heterocycles. The third-order valence-corrected chi connectivity index (χ3v) is 2.43. The van der Waals surface area contributed by atoms with E-state index in [1.165, 1.54) is 0 Å². The van der Waals surface area contributed by atoms with Crippen molar-refractivity contribution in [3.05, 3.63) is 60.2 Å². The number of hydrogen-bond acceptors (Lipinski definition) is 2. The lowest BCUT2D eigenvalue weighted by atomic mass is 10.1. The smallest absolute Gasteiger partial charge is 0.119 e. The molecule has 0 aliphatic rings. The minimum absolute atomic E-state index is 0.403. The van der Waals surface area contributed by atoms with Gasteiger partial charge in [0, 0.05) is 0 Å². The van der Waals surface area contributed by atoms with Gasteiger partial charge in [0.1, 0.15) is 11.5 Å². The van der Waals surface area contributed by atoms with Crippen molar-refractivity contribution in [2.75, 3.05) is 6.61 Å². The summed E-state index contributed by atoms with van der Waals surface area (Å²) >= 11 is 0. The van der Waals surface area contributed by atoms with Crippen LogP contribution in [0.3, 0.4) is 0 Å². The molecular weight excluding hydrogens is 224 g/mol. The molecule has 0 aliphatic heterocycles. The van der Waals surface area contributed by atoms with Crippen molar-refractivity contribution < 1.29 is 9.84 Å². The Morgan fingerprint density at radius 1 is 0.889 bits per heavy atom. The largest absolute Gasteiger partial charge is 0.508 e. The number of benzene rings is 2. The molecule has 2 nitrogen and oxygen atoms in total. The van der Waals surface area contributed by atoms with Crippen LogP contribution in [0.5, 0.6) is 11.5 Å². The second kappa shape index (κ2) is 8.18. The summed E-state index contributed by atoms with van der Waals surface area (Å²) in [6, 6.07) is 17.2. The number of phenols is 1. The second-order valence-electron chi connectivity index (χ2n) is 3.73. The summed E-state index contributed by atoms with van der Waals surface area (Å²) in [6.07, 6.45) is 0.896. The highest BCUT2D eigenvalue weighted by molar-refractivity contribution is 5.31. The van der Waals surface area contributed by atoms with Gasteiger partial charge in [-0.15, -0.1) is 0 Å². The summed E-state index contributed by atoms with van der Waals surface area (Å²) in [7, 11) is 0. The predicted molar refractivity (Wildman–Crippen MR) is 75.1 cm³/mol. The maximum Gasteiger partial charge on any atom is 0.119 e. The van der Waals surface area contributed by atoms with Gasteiger partial charge in [0.05, 0.1) is 6.61 Å². The Bertz CT molecular complexity index is 438. The maximum atomic E-state index is 9.11. The summed E-state index contributed by atoms with van der Waals surface area (Å²) in [6.45, 7) is 4.74. The molecule has 0 heterocycles. The van der Waals surface area contributed by atoms with Gasteiger partial charge in [0.25, 0.3) is 0 Å². The zero-order valence-electron chi connectivity index (χ0n) is 11.0. The molecule has 2 aromatic carbocycles. The summed E-state index contributed by atoms with van der Waals surface area (Å²) in [4.78, 5) is 0. The second-order valence-corrected chi connectivity index (χ2v) is 3.73. The van der Waals surface area contributed by atoms with Gasteiger partial charge in [0.2, 0.25) is 0 Å². The average molecular weight is 244 g/mol. The van der Waals surface area contributed by atoms with E-state index in [9.17, 15) is 0 Å². The lowest BCUT2D eigenvalue weighted by molar-refractivity contribution is 0.340. The van der Waals surface area contributed by atoms with Gasteiger partial charge < -0.3 is 9.84 Å². The summed E-state index contributed by atoms with van der Waals surface area (Å²) < 4.78 is 5.21. The fraction of sp³-hybridized carbons (Fsp3) is 0.250. The average Bonchev–Trinajstić information content (AvgIpc) is 2.42. The van der Waals surface area contributed by atoms with Crippen molar-refractivity contribution in [3.8, 4) is 11.5 Å². The number of hydrogen-bond donors (Lipinski definition) is 1. The molecule has 0 saturated carbocycles. The molecule has 0 unspecified atom stereocenters. The monoisotopic (exact) mass is 244 g/mol. The van der Waals surface area contributed by atoms with E-state index in [1.54, 1.807) is 6.07 Å². The summed E-state index contributed by atoms with van der Waals surface area (Å²) in [5.41, 5.74) is 1.01. The Labute approximate surface area is 109 Å². The molecule has 0 saturated heterocycles. The Morgan fingerprint density at radius 3 is 2.00 bits per heavy atom. The molecule has 2 heteroatoms. The first-order chi connectivity index (χ1) is 8.77. The van der Waals surface area contributed by atoms with E-state index in [4.69, 9.17) is 9.84 Å². The Hall–Kier alpha value is -1.96. The topological polar surface area (TPSA) is 29.5 Å². The summed E-state index contributed by atoms with van der Waals surface area (Å²) in [5.74, 6) is 1.35. The number of para-hydroxylation sites is 2. The van der Waals surface area contributed by atoms with Crippen LogP contribution >= 0.6 is 0 Å². The van der Waals surface area contributed by atoms with E-state index in [0.717, 1.165) is 24.3 Å². The van der Waals surface area contributed by atoms with Crippen LogP contribution in [0.4, 0.5) is 0 Å². The number of rotatable bonds is 3. The minimum Gasteiger partial charge on any atom is -0.508 e. The Morgan fingerprint density at radius 2 is 1.50 bits per heavy atom. The molecule has 2 rings (SSSR count). The van der Waals surface area contributed by atoms with Crippen molar-refractivity contribution in [1.82, 2.24) is 0 Å². The number of ether oxygens (including phenoxy) is 1. The molecule has 18 heavy (non-hydrogen) atoms. The van der Waals surface area contributed by atoms with Gasteiger partial charge in [0.15, 0.2) is 0 Å². The van der Waals surface area contributed by atoms with E-state index in [1.807, 2.05) is 62.4 Å². The zero-order valence-corrected chi connectivity index (χ0v) is 11.0. The number of aromatic hydroxyl groups is 1. The van der Waals surface area contributed by atoms with Gasteiger partial charge >= 0.3 is 0 Å². The molecule has 0 atom stereocenters. The standard InChI is InChI=1S/2C8H10O/c1-2-9-8-6-4-3-5-7-8;1-2-7-5-3-4-6-8(7)9/h3-7H,2H2,1H3;3-6,9H,2H2,1H3. The highest BCUT2D eigenvalue weighted by Gasteiger charge is 1.92. The molecule has 0 bridgehead atoms. The van der Waals surface area contributed by atoms with E-state index in [-0.39, 0.29) is 0 Å². The lowest BCUT2D eigenvalue weighted by Crippen LogP contribution is -1.89. The van der Waals surface area contributed by atoms with Gasteiger partial charge in [-0.2, -0.15) is 0 Å². The van der Waals surface area contributed by atoms with Crippen LogP contribution in [0.2, 0.25) is 0 Å². The van der Waals surface area contributed by atoms with Crippen LogP contribution in [-0.4, -0.2) is 11.7 Å². The number of phenolic OH excluding ortho intramolecular Hbond substituents is 1. The van der Waals surface area contributed by atoms with Crippen LogP contribution in [0.15, 0.2) is 54.6 Å². The fourth-order valence-corrected chi connectivity index (χ4v) is 1.49. The van der Waals surface area contributed by atoms with Crippen molar-refractivity contribution in [2.45, 2.75) is 20.3 Å². The molecule has 1 N–H and O–H groups in total. The normalized spacial score (nSPS) is 9.22. The van der Waals surface area contributed by atoms with Gasteiger partial charge in [-0.25, -0.2) is 0 Å². The van der Waals surface area contributed by atoms with Crippen molar-refractivity contribution in [2.24, 2.45) is 0 Å². The highest BCUT2D eigenvalue weighted by Crippen LogP contribution is 2.14. The van der Waals surface area contributed by atoms with Gasteiger partial charge in [-0.3, -0.25) is 0 Å². The van der Waals surface area contributed by atoms with Crippen molar-refractivity contribution in [1.29, 1.82) is 0 Å². The zero-order chi connectivity index (χ0) is 13.2. The Balaban J connectivity index is 0.000000180. The van der Waals surface area contributed by atoms with Gasteiger partial charge in [-0.05, 0) is 37.1 Å². The Kier molecular flexibility index (Phi) is 6.41. The molecular formula is C16H20O2. The first kappa shape index (κ1) is 14.1. The molecule has 0 fully saturated rings. The van der Waals surface area contributed by atoms with Crippen molar-refractivity contribution in [3.63, 3.8) is 0 Å². The third kappa shape index (κ3) is 4.91. The molecule has 96 valence electrons. The summed E-state index contributed by atoms with van der Waals surface area (Å²) in [5, 5.41) is 9.11. The molecule has 0 radical (unpaired) electrons. The third-order valence-electron chi connectivity index (χ3n) is 2.43. The SMILES string of the molecule is CCOc1ccccc1.CCc1ccccc1O. The lowest BCUT2D eigenvalue weighted by Gasteiger charge is -1.99. The van der Waals surface area contributed by atoms with E-state index in [0.29, 0.717) is 5.75 Å². The number of aryl methyl sites for hydroxylation is 1. The fourth-order valence-electron chi connectivity index (χ4n) is 1.49. The van der Waals surface area contributed by atoms with Crippen LogP contribution in [0.25, 0.3) is 0 Å². The van der Waals surface area contributed by atoms with E-state index < -0.39 is 0 Å². The van der Waals surface area contributed by atoms with Crippen LogP contribution in [-0.2, 0) is 6.42 Å². The van der Waals surface area contributed by atoms with Crippen molar-refractivity contribution >= 4 is 0 Å². The molecule has 0 amide bonds. The predicted octanol–water partition coefficient (Wildman–Crippen LogP) is 4.04. The first-order valence-corrected chi connectivity index (χ1v) is 6.22. The van der Waals surface area contributed by atoms with E-state index in [2.05, 4.69) is 0 Å². The molecule has 0 aliphatic carbocycles. The quantitative estimate of drug-likeness (QED) is 0.883. The van der Waals surface area contributed by atoms with E-state index >= 15 is 0 Å². The minimum atomic E-state index is 0.403. The molecule has 2 aromatic rings. The van der Waals surface area contributed by atoms with Crippen LogP contribution < -0.4 is 4.74 Å². The first-order valence-electron chi connectivity index (χ1n) is 6.22. The van der Waals surface area contributed by atoms with Crippen LogP contribution in [0, 0.1) is 0 Å². The maximum absolute atomic E-state index is 9.11. The highest BCUT2D eigenvalue weighted by atomic mass is 16.5. The van der Waals surface area contributed by atoms with Crippen LogP contribution in [0.1, 0.15) is 19.4 Å². The molecule has 0 spiro atoms. The van der Waals surface area contributed by atoms with Gasteiger partial charge in [-0.1, -0.05) is 43.3 Å².